The molecule has 0 saturated heterocycles. The van der Waals surface area contributed by atoms with Crippen LogP contribution in [0.2, 0.25) is 0 Å². The van der Waals surface area contributed by atoms with Crippen LogP contribution < -0.4 is 16.0 Å². The molecule has 2 amide bonds. The fourth-order valence-electron chi connectivity index (χ4n) is 4.63. The number of aromatic nitrogens is 1. The summed E-state index contributed by atoms with van der Waals surface area (Å²) < 4.78 is 0. The molecule has 1 aromatic heterocycles. The molecule has 0 spiro atoms. The van der Waals surface area contributed by atoms with Crippen molar-refractivity contribution in [3.8, 4) is 11.1 Å². The first kappa shape index (κ1) is 28.3. The summed E-state index contributed by atoms with van der Waals surface area (Å²) in [7, 11) is 0. The number of rotatable bonds is 12. The molecular formula is C32H34N4O4. The largest absolute Gasteiger partial charge is 0.481 e. The van der Waals surface area contributed by atoms with E-state index in [1.165, 1.54) is 10.9 Å². The van der Waals surface area contributed by atoms with Gasteiger partial charge in [0.25, 0.3) is 0 Å². The Hall–Kier alpha value is -4.72. The number of anilines is 1. The van der Waals surface area contributed by atoms with Gasteiger partial charge in [-0.25, -0.2) is 4.98 Å². The van der Waals surface area contributed by atoms with Crippen LogP contribution >= 0.6 is 0 Å². The topological polar surface area (TPSA) is 120 Å². The van der Waals surface area contributed by atoms with E-state index in [-0.39, 0.29) is 25.3 Å². The molecule has 0 aliphatic carbocycles. The molecule has 8 heteroatoms. The molecule has 0 bridgehead atoms. The molecule has 0 saturated carbocycles. The Morgan fingerprint density at radius 1 is 0.900 bits per heavy atom. The zero-order chi connectivity index (χ0) is 28.5. The predicted molar refractivity (Wildman–Crippen MR) is 157 cm³/mol. The number of aliphatic carboxylic acids is 1. The molecule has 8 nitrogen and oxygen atoms in total. The molecule has 0 aliphatic heterocycles. The zero-order valence-electron chi connectivity index (χ0n) is 22.7. The van der Waals surface area contributed by atoms with E-state index in [2.05, 4.69) is 52.1 Å². The van der Waals surface area contributed by atoms with Crippen LogP contribution in [0, 0.1) is 13.8 Å². The molecule has 0 radical (unpaired) electrons. The fourth-order valence-corrected chi connectivity index (χ4v) is 4.63. The highest BCUT2D eigenvalue weighted by molar-refractivity contribution is 5.98. The van der Waals surface area contributed by atoms with Gasteiger partial charge in [-0.3, -0.25) is 14.4 Å². The van der Waals surface area contributed by atoms with E-state index in [1.54, 1.807) is 6.20 Å². The zero-order valence-corrected chi connectivity index (χ0v) is 22.7. The molecule has 4 aromatic rings. The van der Waals surface area contributed by atoms with Crippen LogP contribution in [-0.2, 0) is 14.4 Å². The van der Waals surface area contributed by atoms with Crippen molar-refractivity contribution in [3.05, 3.63) is 95.7 Å². The van der Waals surface area contributed by atoms with Crippen LogP contribution in [0.3, 0.4) is 0 Å². The monoisotopic (exact) mass is 538 g/mol. The van der Waals surface area contributed by atoms with Gasteiger partial charge in [0, 0.05) is 19.2 Å². The summed E-state index contributed by atoms with van der Waals surface area (Å²) in [5, 5.41) is 20.3. The molecule has 1 heterocycles. The van der Waals surface area contributed by atoms with E-state index in [0.717, 1.165) is 27.9 Å². The number of aryl methyl sites for hydroxylation is 2. The first-order valence-corrected chi connectivity index (χ1v) is 13.3. The number of carbonyl (C=O) groups excluding carboxylic acids is 2. The van der Waals surface area contributed by atoms with Gasteiger partial charge in [0.1, 0.15) is 5.82 Å². The predicted octanol–water partition coefficient (Wildman–Crippen LogP) is 5.16. The average Bonchev–Trinajstić information content (AvgIpc) is 2.94. The van der Waals surface area contributed by atoms with Crippen molar-refractivity contribution in [1.82, 2.24) is 15.6 Å². The molecular weight excluding hydrogens is 504 g/mol. The maximum atomic E-state index is 12.6. The Morgan fingerprint density at radius 2 is 1.65 bits per heavy atom. The third-order valence-corrected chi connectivity index (χ3v) is 6.73. The summed E-state index contributed by atoms with van der Waals surface area (Å²) in [5.74, 6) is -0.975. The van der Waals surface area contributed by atoms with Crippen molar-refractivity contribution in [3.63, 3.8) is 0 Å². The van der Waals surface area contributed by atoms with Crippen LogP contribution in [0.25, 0.3) is 21.9 Å². The highest BCUT2D eigenvalue weighted by Crippen LogP contribution is 2.31. The number of pyridine rings is 1. The third-order valence-electron chi connectivity index (χ3n) is 6.73. The van der Waals surface area contributed by atoms with Crippen LogP contribution in [0.4, 0.5) is 5.82 Å². The van der Waals surface area contributed by atoms with Gasteiger partial charge in [-0.05, 0) is 71.0 Å². The Morgan fingerprint density at radius 3 is 2.38 bits per heavy atom. The molecule has 0 fully saturated rings. The van der Waals surface area contributed by atoms with E-state index >= 15 is 0 Å². The van der Waals surface area contributed by atoms with Crippen LogP contribution in [0.1, 0.15) is 42.0 Å². The summed E-state index contributed by atoms with van der Waals surface area (Å²) >= 11 is 0. The molecule has 4 N–H and O–H groups in total. The molecule has 1 unspecified atom stereocenters. The van der Waals surface area contributed by atoms with Crippen LogP contribution in [-0.4, -0.2) is 41.0 Å². The quantitative estimate of drug-likeness (QED) is 0.185. The number of nitrogens with zero attached hydrogens (tertiary/aromatic N) is 1. The van der Waals surface area contributed by atoms with Crippen molar-refractivity contribution in [2.24, 2.45) is 0 Å². The van der Waals surface area contributed by atoms with Gasteiger partial charge in [-0.15, -0.1) is 0 Å². The second-order valence-corrected chi connectivity index (χ2v) is 9.84. The minimum Gasteiger partial charge on any atom is -0.481 e. The lowest BCUT2D eigenvalue weighted by atomic mass is 9.94. The van der Waals surface area contributed by atoms with E-state index < -0.39 is 17.9 Å². The summed E-state index contributed by atoms with van der Waals surface area (Å²) in [4.78, 5) is 40.5. The third kappa shape index (κ3) is 7.66. The molecule has 206 valence electrons. The lowest BCUT2D eigenvalue weighted by molar-refractivity contribution is -0.138. The van der Waals surface area contributed by atoms with Gasteiger partial charge in [0.2, 0.25) is 11.8 Å². The van der Waals surface area contributed by atoms with Crippen molar-refractivity contribution < 1.29 is 19.5 Å². The number of hydrogen-bond acceptors (Lipinski definition) is 5. The standard InChI is InChI=1S/C32H34N4O4/c1-21-15-17-34-29(18-21)33-16-5-8-30(37)35-20-31(38)36-28(19-32(39)40)24-12-10-23(11-13-24)26-14-9-22(2)25-6-3-4-7-27(25)26/h3-4,6-7,9-15,17-18,28H,5,8,16,19-20H2,1-2H3,(H,33,34)(H,35,37)(H,36,38)(H,39,40). The number of carboxylic acid groups (broad SMARTS) is 1. The second kappa shape index (κ2) is 13.4. The van der Waals surface area contributed by atoms with E-state index in [9.17, 15) is 19.5 Å². The lowest BCUT2D eigenvalue weighted by Gasteiger charge is -2.18. The number of amides is 2. The first-order chi connectivity index (χ1) is 19.3. The Bertz CT molecular complexity index is 1500. The maximum Gasteiger partial charge on any atom is 0.305 e. The van der Waals surface area contributed by atoms with Gasteiger partial charge in [0.05, 0.1) is 19.0 Å². The number of fused-ring (bicyclic) bond motifs is 1. The van der Waals surface area contributed by atoms with Gasteiger partial charge < -0.3 is 21.1 Å². The second-order valence-electron chi connectivity index (χ2n) is 9.84. The van der Waals surface area contributed by atoms with Crippen LogP contribution in [0.5, 0.6) is 0 Å². The SMILES string of the molecule is Cc1ccnc(NCCCC(=O)NCC(=O)NC(CC(=O)O)c2ccc(-c3ccc(C)c4ccccc34)cc2)c1. The van der Waals surface area contributed by atoms with Crippen molar-refractivity contribution >= 4 is 34.4 Å². The minimum atomic E-state index is -1.03. The van der Waals surface area contributed by atoms with Gasteiger partial charge in [-0.2, -0.15) is 0 Å². The Kier molecular flexibility index (Phi) is 9.46. The number of carboxylic acids is 1. The fraction of sp³-hybridized carbons (Fsp3) is 0.250. The Labute approximate surface area is 233 Å². The van der Waals surface area contributed by atoms with Crippen LogP contribution in [0.15, 0.2) is 79.0 Å². The highest BCUT2D eigenvalue weighted by Gasteiger charge is 2.19. The lowest BCUT2D eigenvalue weighted by Crippen LogP contribution is -2.39. The summed E-state index contributed by atoms with van der Waals surface area (Å²) in [6.07, 6.45) is 2.28. The van der Waals surface area contributed by atoms with Gasteiger partial charge in [-0.1, -0.05) is 60.7 Å². The summed E-state index contributed by atoms with van der Waals surface area (Å²) in [5.41, 5.74) is 5.06. The molecule has 0 aliphatic rings. The number of carbonyl (C=O) groups is 3. The van der Waals surface area contributed by atoms with Gasteiger partial charge >= 0.3 is 5.97 Å². The van der Waals surface area contributed by atoms with E-state index in [4.69, 9.17) is 0 Å². The summed E-state index contributed by atoms with van der Waals surface area (Å²) in [6, 6.07) is 23.1. The number of benzene rings is 3. The first-order valence-electron chi connectivity index (χ1n) is 13.3. The normalized spacial score (nSPS) is 11.6. The van der Waals surface area contributed by atoms with E-state index in [0.29, 0.717) is 18.5 Å². The maximum absolute atomic E-state index is 12.6. The van der Waals surface area contributed by atoms with Crippen molar-refractivity contribution in [2.45, 2.75) is 39.2 Å². The smallest absolute Gasteiger partial charge is 0.305 e. The minimum absolute atomic E-state index is 0.227. The number of hydrogen-bond donors (Lipinski definition) is 4. The average molecular weight is 539 g/mol. The van der Waals surface area contributed by atoms with E-state index in [1.807, 2.05) is 55.5 Å². The van der Waals surface area contributed by atoms with Crippen molar-refractivity contribution in [2.75, 3.05) is 18.4 Å². The van der Waals surface area contributed by atoms with Gasteiger partial charge in [0.15, 0.2) is 0 Å². The highest BCUT2D eigenvalue weighted by atomic mass is 16.4. The molecule has 40 heavy (non-hydrogen) atoms. The molecule has 4 rings (SSSR count). The summed E-state index contributed by atoms with van der Waals surface area (Å²) in [6.45, 7) is 4.41. The molecule has 3 aromatic carbocycles. The number of nitrogens with one attached hydrogen (secondary N) is 3. The van der Waals surface area contributed by atoms with Crippen molar-refractivity contribution in [1.29, 1.82) is 0 Å². The Balaban J connectivity index is 1.32. The molecule has 1 atom stereocenters.